The molecule has 0 saturated carbocycles. The van der Waals surface area contributed by atoms with Crippen molar-refractivity contribution in [3.05, 3.63) is 108 Å². The molecule has 0 saturated heterocycles. The van der Waals surface area contributed by atoms with Gasteiger partial charge in [0.05, 0.1) is 19.3 Å². The first kappa shape index (κ1) is 24.3. The van der Waals surface area contributed by atoms with Gasteiger partial charge in [0.15, 0.2) is 0 Å². The van der Waals surface area contributed by atoms with Crippen molar-refractivity contribution in [1.82, 2.24) is 20.0 Å². The van der Waals surface area contributed by atoms with Crippen molar-refractivity contribution in [3.8, 4) is 17.0 Å². The van der Waals surface area contributed by atoms with Gasteiger partial charge in [-0.05, 0) is 54.8 Å². The number of hydrogen-bond donors (Lipinski definition) is 1. The molecule has 188 valence electrons. The first-order chi connectivity index (χ1) is 18.0. The molecule has 7 nitrogen and oxygen atoms in total. The van der Waals surface area contributed by atoms with Gasteiger partial charge >= 0.3 is 0 Å². The molecule has 0 spiro atoms. The summed E-state index contributed by atoms with van der Waals surface area (Å²) in [5, 5.41) is 7.78. The normalized spacial score (nSPS) is 16.8. The molecular weight excluding hydrogens is 464 g/mol. The second-order valence-corrected chi connectivity index (χ2v) is 9.44. The molecule has 5 rings (SSSR count). The van der Waals surface area contributed by atoms with E-state index in [1.807, 2.05) is 91.9 Å². The fourth-order valence-corrected chi connectivity index (χ4v) is 4.75. The second kappa shape index (κ2) is 10.3. The first-order valence-corrected chi connectivity index (χ1v) is 12.4. The molecule has 0 radical (unpaired) electrons. The lowest BCUT2D eigenvalue weighted by atomic mass is 9.94. The van der Waals surface area contributed by atoms with Gasteiger partial charge in [0.1, 0.15) is 17.0 Å². The van der Waals surface area contributed by atoms with Gasteiger partial charge in [-0.1, -0.05) is 60.7 Å². The van der Waals surface area contributed by atoms with Crippen molar-refractivity contribution in [3.63, 3.8) is 0 Å². The molecule has 3 aromatic carbocycles. The fourth-order valence-electron chi connectivity index (χ4n) is 4.75. The second-order valence-electron chi connectivity index (χ2n) is 9.44. The van der Waals surface area contributed by atoms with E-state index < -0.39 is 5.54 Å². The van der Waals surface area contributed by atoms with E-state index in [2.05, 4.69) is 5.32 Å². The molecule has 0 unspecified atom stereocenters. The van der Waals surface area contributed by atoms with Crippen molar-refractivity contribution in [2.45, 2.75) is 32.0 Å². The van der Waals surface area contributed by atoms with Crippen molar-refractivity contribution in [2.24, 2.45) is 0 Å². The lowest BCUT2D eigenvalue weighted by molar-refractivity contribution is -0.133. The molecular formula is C30H30N4O3. The Labute approximate surface area is 216 Å². The molecule has 37 heavy (non-hydrogen) atoms. The highest BCUT2D eigenvalue weighted by Crippen LogP contribution is 2.31. The molecule has 0 fully saturated rings. The predicted molar refractivity (Wildman–Crippen MR) is 142 cm³/mol. The van der Waals surface area contributed by atoms with E-state index in [1.165, 1.54) is 0 Å². The average molecular weight is 495 g/mol. The number of rotatable bonds is 8. The molecule has 0 bridgehead atoms. The molecule has 2 amide bonds. The SMILES string of the molecule is COc1ccc(-c2cc3n(n2)C[C@@](C)(C(=O)NCc2ccccc2)N(CCc2ccccc2)C3=O)cc1. The van der Waals surface area contributed by atoms with E-state index in [0.29, 0.717) is 30.9 Å². The van der Waals surface area contributed by atoms with Gasteiger partial charge in [0.25, 0.3) is 5.91 Å². The fraction of sp³-hybridized carbons (Fsp3) is 0.233. The maximum atomic E-state index is 13.8. The maximum absolute atomic E-state index is 13.8. The topological polar surface area (TPSA) is 76.5 Å². The number of carbonyl (C=O) groups excluding carboxylic acids is 2. The Bertz CT molecular complexity index is 1380. The van der Waals surface area contributed by atoms with E-state index >= 15 is 0 Å². The van der Waals surface area contributed by atoms with Crippen LogP contribution in [0.1, 0.15) is 28.5 Å². The minimum Gasteiger partial charge on any atom is -0.497 e. The Balaban J connectivity index is 1.45. The van der Waals surface area contributed by atoms with Crippen LogP contribution in [0.2, 0.25) is 0 Å². The van der Waals surface area contributed by atoms with Crippen LogP contribution in [-0.4, -0.2) is 45.7 Å². The number of nitrogens with zero attached hydrogens (tertiary/aromatic N) is 3. The van der Waals surface area contributed by atoms with Crippen molar-refractivity contribution >= 4 is 11.8 Å². The number of carbonyl (C=O) groups is 2. The molecule has 1 atom stereocenters. The van der Waals surface area contributed by atoms with Crippen LogP contribution in [0, 0.1) is 0 Å². The zero-order chi connectivity index (χ0) is 25.8. The van der Waals surface area contributed by atoms with Crippen LogP contribution < -0.4 is 10.1 Å². The highest BCUT2D eigenvalue weighted by molar-refractivity contribution is 6.00. The van der Waals surface area contributed by atoms with E-state index in [9.17, 15) is 9.59 Å². The molecule has 1 aliphatic rings. The Morgan fingerprint density at radius 3 is 2.27 bits per heavy atom. The smallest absolute Gasteiger partial charge is 0.273 e. The number of ether oxygens (including phenoxy) is 1. The summed E-state index contributed by atoms with van der Waals surface area (Å²) in [7, 11) is 1.62. The summed E-state index contributed by atoms with van der Waals surface area (Å²) < 4.78 is 6.93. The Morgan fingerprint density at radius 1 is 0.973 bits per heavy atom. The monoisotopic (exact) mass is 494 g/mol. The molecule has 1 aromatic heterocycles. The molecule has 0 aliphatic carbocycles. The van der Waals surface area contributed by atoms with Crippen LogP contribution >= 0.6 is 0 Å². The van der Waals surface area contributed by atoms with Crippen LogP contribution in [-0.2, 0) is 24.3 Å². The molecule has 1 aliphatic heterocycles. The van der Waals surface area contributed by atoms with Crippen LogP contribution in [0.5, 0.6) is 5.75 Å². The zero-order valence-corrected chi connectivity index (χ0v) is 21.1. The molecule has 1 N–H and O–H groups in total. The summed E-state index contributed by atoms with van der Waals surface area (Å²) in [5.41, 5.74) is 3.05. The Hall–Kier alpha value is -4.39. The number of amides is 2. The van der Waals surface area contributed by atoms with Gasteiger partial charge in [-0.3, -0.25) is 14.3 Å². The number of methoxy groups -OCH3 is 1. The third-order valence-corrected chi connectivity index (χ3v) is 6.94. The molecule has 4 aromatic rings. The minimum atomic E-state index is -1.10. The van der Waals surface area contributed by atoms with Crippen LogP contribution in [0.3, 0.4) is 0 Å². The van der Waals surface area contributed by atoms with Gasteiger partial charge in [-0.15, -0.1) is 0 Å². The zero-order valence-electron chi connectivity index (χ0n) is 21.1. The highest BCUT2D eigenvalue weighted by Gasteiger charge is 2.47. The quantitative estimate of drug-likeness (QED) is 0.396. The van der Waals surface area contributed by atoms with Gasteiger partial charge in [-0.25, -0.2) is 0 Å². The van der Waals surface area contributed by atoms with E-state index in [-0.39, 0.29) is 18.4 Å². The lowest BCUT2D eigenvalue weighted by Gasteiger charge is -2.43. The van der Waals surface area contributed by atoms with Crippen molar-refractivity contribution in [2.75, 3.05) is 13.7 Å². The predicted octanol–water partition coefficient (Wildman–Crippen LogP) is 4.33. The molecule has 7 heteroatoms. The van der Waals surface area contributed by atoms with Gasteiger partial charge in [0, 0.05) is 18.7 Å². The first-order valence-electron chi connectivity index (χ1n) is 12.4. The number of benzene rings is 3. The number of nitrogens with one attached hydrogen (secondary N) is 1. The lowest BCUT2D eigenvalue weighted by Crippen LogP contribution is -2.64. The average Bonchev–Trinajstić information content (AvgIpc) is 3.36. The summed E-state index contributed by atoms with van der Waals surface area (Å²) in [5.74, 6) is 0.343. The third-order valence-electron chi connectivity index (χ3n) is 6.94. The van der Waals surface area contributed by atoms with E-state index in [1.54, 1.807) is 22.8 Å². The highest BCUT2D eigenvalue weighted by atomic mass is 16.5. The maximum Gasteiger partial charge on any atom is 0.273 e. The minimum absolute atomic E-state index is 0.202. The van der Waals surface area contributed by atoms with Crippen LogP contribution in [0.25, 0.3) is 11.3 Å². The van der Waals surface area contributed by atoms with Gasteiger partial charge in [0.2, 0.25) is 5.91 Å². The van der Waals surface area contributed by atoms with Crippen LogP contribution in [0.4, 0.5) is 0 Å². The number of fused-ring (bicyclic) bond motifs is 1. The van der Waals surface area contributed by atoms with E-state index in [0.717, 1.165) is 22.4 Å². The van der Waals surface area contributed by atoms with Gasteiger partial charge < -0.3 is 15.0 Å². The standard InChI is InChI=1S/C30H30N4O3/c1-30(29(36)31-20-23-11-7-4-8-12-23)21-34-27(19-26(32-34)24-13-15-25(37-2)16-14-24)28(35)33(30)18-17-22-9-5-3-6-10-22/h3-16,19H,17-18,20-21H2,1-2H3,(H,31,36)/t30-/m0/s1. The largest absolute Gasteiger partial charge is 0.497 e. The summed E-state index contributed by atoms with van der Waals surface area (Å²) in [4.78, 5) is 29.2. The Kier molecular flexibility index (Phi) is 6.77. The van der Waals surface area contributed by atoms with Gasteiger partial charge in [-0.2, -0.15) is 5.10 Å². The summed E-state index contributed by atoms with van der Waals surface area (Å²) in [6.45, 7) is 2.90. The summed E-state index contributed by atoms with van der Waals surface area (Å²) in [6.07, 6.45) is 0.646. The summed E-state index contributed by atoms with van der Waals surface area (Å²) >= 11 is 0. The molecule has 2 heterocycles. The summed E-state index contributed by atoms with van der Waals surface area (Å²) in [6, 6.07) is 29.1. The third kappa shape index (κ3) is 4.98. The van der Waals surface area contributed by atoms with Crippen LogP contribution in [0.15, 0.2) is 91.0 Å². The van der Waals surface area contributed by atoms with E-state index in [4.69, 9.17) is 9.84 Å². The van der Waals surface area contributed by atoms with Crippen molar-refractivity contribution in [1.29, 1.82) is 0 Å². The number of hydrogen-bond acceptors (Lipinski definition) is 4. The van der Waals surface area contributed by atoms with Crippen molar-refractivity contribution < 1.29 is 14.3 Å². The number of aromatic nitrogens is 2. The Morgan fingerprint density at radius 2 is 1.62 bits per heavy atom.